The average molecular weight is 172 g/mol. The number of hydrogen-bond acceptors (Lipinski definition) is 3. The van der Waals surface area contributed by atoms with Crippen molar-refractivity contribution in [2.24, 2.45) is 0 Å². The summed E-state index contributed by atoms with van der Waals surface area (Å²) in [5.74, 6) is -0.337. The fourth-order valence-electron chi connectivity index (χ4n) is 0.577. The van der Waals surface area contributed by atoms with Crippen LogP contribution in [-0.2, 0) is 4.74 Å². The van der Waals surface area contributed by atoms with Crippen LogP contribution >= 0.6 is 0 Å². The molecular weight excluding hydrogens is 156 g/mol. The van der Waals surface area contributed by atoms with Crippen LogP contribution < -0.4 is 0 Å². The van der Waals surface area contributed by atoms with E-state index in [-0.39, 0.29) is 7.40 Å². The lowest BCUT2D eigenvalue weighted by Crippen LogP contribution is -2.02. The van der Waals surface area contributed by atoms with Gasteiger partial charge < -0.3 is 4.74 Å². The normalized spacial score (nSPS) is 8.25. The number of rotatable bonds is 2. The lowest BCUT2D eigenvalue weighted by atomic mass is 10.4. The van der Waals surface area contributed by atoms with E-state index in [9.17, 15) is 4.79 Å². The maximum absolute atomic E-state index is 10.8. The van der Waals surface area contributed by atoms with Gasteiger partial charge in [0.05, 0.1) is 18.4 Å². The number of nitrogens with one attached hydrogen (secondary N) is 1. The first-order valence-electron chi connectivity index (χ1n) is 4.00. The van der Waals surface area contributed by atoms with Gasteiger partial charge in [0.25, 0.3) is 0 Å². The second kappa shape index (κ2) is 6.39. The van der Waals surface area contributed by atoms with Gasteiger partial charge in [0, 0.05) is 7.62 Å². The van der Waals surface area contributed by atoms with E-state index in [2.05, 4.69) is 14.9 Å². The molecule has 0 fully saturated rings. The van der Waals surface area contributed by atoms with Gasteiger partial charge in [0.15, 0.2) is 0 Å². The lowest BCUT2D eigenvalue weighted by molar-refractivity contribution is 0.0526. The molecule has 1 N–H and O–H groups in total. The molecule has 12 heavy (non-hydrogen) atoms. The summed E-state index contributed by atoms with van der Waals surface area (Å²) >= 11 is 0. The van der Waals surface area contributed by atoms with E-state index < -0.39 is 0 Å². The number of hydrogen-bond donors (Lipinski definition) is 1. The van der Waals surface area contributed by atoms with Crippen LogP contribution in [0.25, 0.3) is 0 Å². The largest absolute Gasteiger partial charge is 0.462 e. The number of H-pyrrole nitrogens is 1. The third-order valence-electron chi connectivity index (χ3n) is 1.01. The summed E-state index contributed by atoms with van der Waals surface area (Å²) in [6, 6.07) is 0. The summed E-state index contributed by atoms with van der Waals surface area (Å²) in [6.45, 7) is 6.15. The lowest BCUT2D eigenvalue weighted by Gasteiger charge is -1.95. The van der Waals surface area contributed by atoms with Crippen LogP contribution in [0.1, 0.15) is 32.6 Å². The Morgan fingerprint density at radius 3 is 2.83 bits per heavy atom. The molecule has 1 rings (SSSR count). The van der Waals surface area contributed by atoms with Crippen LogP contribution in [0, 0.1) is 0 Å². The van der Waals surface area contributed by atoms with Crippen molar-refractivity contribution in [3.05, 3.63) is 18.0 Å². The molecule has 0 unspecified atom stereocenters. The maximum Gasteiger partial charge on any atom is 0.341 e. The minimum atomic E-state index is -0.337. The summed E-state index contributed by atoms with van der Waals surface area (Å²) in [6.07, 6.45) is 2.93. The Labute approximate surface area is 73.4 Å². The number of aromatic amines is 1. The second-order valence-electron chi connectivity index (χ2n) is 1.71. The number of aromatic nitrogens is 2. The minimum Gasteiger partial charge on any atom is -0.462 e. The first-order chi connectivity index (χ1) is 5.84. The molecule has 4 nitrogen and oxygen atoms in total. The first kappa shape index (κ1) is 10.7. The topological polar surface area (TPSA) is 55.0 Å². The summed E-state index contributed by atoms with van der Waals surface area (Å²) in [5, 5.41) is 6.12. The molecule has 0 saturated heterocycles. The minimum absolute atomic E-state index is 0. The molecule has 4 heteroatoms. The fraction of sp³-hybridized carbons (Fsp3) is 0.500. The molecule has 0 bridgehead atoms. The number of ether oxygens (including phenoxy) is 1. The van der Waals surface area contributed by atoms with E-state index in [0.717, 1.165) is 0 Å². The summed E-state index contributed by atoms with van der Waals surface area (Å²) in [5.41, 5.74) is 0.460. The van der Waals surface area contributed by atoms with Crippen molar-refractivity contribution < 1.29 is 11.0 Å². The third-order valence-corrected chi connectivity index (χ3v) is 1.01. The van der Waals surface area contributed by atoms with Gasteiger partial charge in [-0.1, -0.05) is 13.8 Å². The quantitative estimate of drug-likeness (QED) is 0.693. The van der Waals surface area contributed by atoms with Crippen LogP contribution in [0.5, 0.6) is 0 Å². The van der Waals surface area contributed by atoms with E-state index in [4.69, 9.17) is 0 Å². The highest BCUT2D eigenvalue weighted by atomic mass is 16.5. The molecule has 0 radical (unpaired) electrons. The molecule has 0 aromatic carbocycles. The van der Waals surface area contributed by atoms with Crippen LogP contribution in [0.2, 0.25) is 0 Å². The van der Waals surface area contributed by atoms with Gasteiger partial charge in [0.2, 0.25) is 0 Å². The average Bonchev–Trinajstić information content (AvgIpc) is 2.60. The highest BCUT2D eigenvalue weighted by molar-refractivity contribution is 5.88. The van der Waals surface area contributed by atoms with Crippen molar-refractivity contribution in [3.63, 3.8) is 0 Å². The highest BCUT2D eigenvalue weighted by Crippen LogP contribution is 1.95. The molecule has 70 valence electrons. The van der Waals surface area contributed by atoms with Gasteiger partial charge in [-0.25, -0.2) is 4.79 Å². The maximum atomic E-state index is 10.8. The summed E-state index contributed by atoms with van der Waals surface area (Å²) in [7, 11) is 0. The summed E-state index contributed by atoms with van der Waals surface area (Å²) in [4.78, 5) is 10.8. The number of carbonyl (C=O) groups excluding carboxylic acids is 1. The third kappa shape index (κ3) is 3.18. The number of esters is 1. The van der Waals surface area contributed by atoms with E-state index in [1.807, 2.05) is 13.8 Å². The molecule has 0 spiro atoms. The summed E-state index contributed by atoms with van der Waals surface area (Å²) < 4.78 is 4.69. The molecule has 0 atom stereocenters. The molecule has 1 heterocycles. The first-order valence-corrected chi connectivity index (χ1v) is 4.00. The molecule has 0 amide bonds. The standard InChI is InChI=1S/C6H8N2O2.C2H6.H2/c1-2-10-6(9)5-3-7-8-4-5;1-2;/h3-4H,2H2,1H3,(H,7,8);1-2H3;1H. The molecule has 0 aliphatic carbocycles. The van der Waals surface area contributed by atoms with Gasteiger partial charge in [-0.05, 0) is 6.92 Å². The Bertz CT molecular complexity index is 212. The Morgan fingerprint density at radius 1 is 1.75 bits per heavy atom. The van der Waals surface area contributed by atoms with Crippen molar-refractivity contribution in [1.29, 1.82) is 0 Å². The van der Waals surface area contributed by atoms with Crippen LogP contribution in [0.3, 0.4) is 0 Å². The van der Waals surface area contributed by atoms with Gasteiger partial charge in [-0.15, -0.1) is 0 Å². The van der Waals surface area contributed by atoms with Crippen molar-refractivity contribution in [2.45, 2.75) is 20.8 Å². The fourth-order valence-corrected chi connectivity index (χ4v) is 0.577. The zero-order valence-electron chi connectivity index (χ0n) is 7.63. The van der Waals surface area contributed by atoms with Crippen molar-refractivity contribution in [1.82, 2.24) is 10.2 Å². The van der Waals surface area contributed by atoms with E-state index in [1.165, 1.54) is 12.4 Å². The van der Waals surface area contributed by atoms with Gasteiger partial charge in [-0.2, -0.15) is 5.10 Å². The highest BCUT2D eigenvalue weighted by Gasteiger charge is 2.04. The van der Waals surface area contributed by atoms with Crippen molar-refractivity contribution in [3.8, 4) is 0 Å². The molecule has 1 aromatic rings. The van der Waals surface area contributed by atoms with Crippen molar-refractivity contribution in [2.75, 3.05) is 6.61 Å². The molecule has 0 aliphatic rings. The molecule has 0 saturated carbocycles. The van der Waals surface area contributed by atoms with E-state index >= 15 is 0 Å². The van der Waals surface area contributed by atoms with Gasteiger partial charge >= 0.3 is 5.97 Å². The van der Waals surface area contributed by atoms with E-state index in [1.54, 1.807) is 6.92 Å². The van der Waals surface area contributed by atoms with Crippen LogP contribution in [-0.4, -0.2) is 22.8 Å². The van der Waals surface area contributed by atoms with Gasteiger partial charge in [-0.3, -0.25) is 5.10 Å². The number of carbonyl (C=O) groups is 1. The zero-order chi connectivity index (χ0) is 9.40. The second-order valence-corrected chi connectivity index (χ2v) is 1.71. The Balaban J connectivity index is 0. The zero-order valence-corrected chi connectivity index (χ0v) is 7.63. The number of nitrogens with zero attached hydrogens (tertiary/aromatic N) is 1. The predicted octanol–water partition coefficient (Wildman–Crippen LogP) is 1.86. The van der Waals surface area contributed by atoms with Crippen molar-refractivity contribution >= 4 is 5.97 Å². The molecular formula is C8H16N2O2. The SMILES string of the molecule is CC.CCOC(=O)c1cn[nH]c1.[HH]. The van der Waals surface area contributed by atoms with Crippen LogP contribution in [0.4, 0.5) is 0 Å². The molecule has 0 aliphatic heterocycles. The van der Waals surface area contributed by atoms with E-state index in [0.29, 0.717) is 12.2 Å². The predicted molar refractivity (Wildman–Crippen MR) is 48.0 cm³/mol. The Kier molecular flexibility index (Phi) is 5.69. The Morgan fingerprint density at radius 2 is 2.42 bits per heavy atom. The van der Waals surface area contributed by atoms with Gasteiger partial charge in [0.1, 0.15) is 0 Å². The molecule has 1 aromatic heterocycles. The smallest absolute Gasteiger partial charge is 0.341 e. The Hall–Kier alpha value is -1.32. The van der Waals surface area contributed by atoms with Crippen LogP contribution in [0.15, 0.2) is 12.4 Å². The monoisotopic (exact) mass is 172 g/mol.